The fraction of sp³-hybridized carbons (Fsp3) is 0.600. The first-order chi connectivity index (χ1) is 9.30. The zero-order valence-corrected chi connectivity index (χ0v) is 12.7. The Morgan fingerprint density at radius 2 is 1.85 bits per heavy atom. The third kappa shape index (κ3) is 2.93. The lowest BCUT2D eigenvalue weighted by Crippen LogP contribution is -2.53. The van der Waals surface area contributed by atoms with Crippen LogP contribution in [0.1, 0.15) is 36.7 Å². The molecule has 1 aliphatic heterocycles. The minimum atomic E-state index is -0.899. The first-order valence-electron chi connectivity index (χ1n) is 6.99. The fourth-order valence-electron chi connectivity index (χ4n) is 2.64. The number of aromatic carboxylic acids is 1. The van der Waals surface area contributed by atoms with Gasteiger partial charge < -0.3 is 10.0 Å². The maximum absolute atomic E-state index is 11.4. The van der Waals surface area contributed by atoms with Gasteiger partial charge in [-0.1, -0.05) is 0 Å². The molecular formula is C15H23N3O2. The average Bonchev–Trinajstić information content (AvgIpc) is 2.37. The molecule has 0 spiro atoms. The first-order valence-corrected chi connectivity index (χ1v) is 6.99. The molecule has 0 unspecified atom stereocenters. The number of rotatable bonds is 2. The van der Waals surface area contributed by atoms with Gasteiger partial charge in [-0.05, 0) is 39.3 Å². The van der Waals surface area contributed by atoms with Gasteiger partial charge in [0.1, 0.15) is 11.4 Å². The maximum atomic E-state index is 11.4. The van der Waals surface area contributed by atoms with Gasteiger partial charge in [-0.25, -0.2) is 9.78 Å². The van der Waals surface area contributed by atoms with Crippen LogP contribution < -0.4 is 4.90 Å². The topological polar surface area (TPSA) is 56.7 Å². The summed E-state index contributed by atoms with van der Waals surface area (Å²) in [6.45, 7) is 11.9. The molecule has 20 heavy (non-hydrogen) atoms. The highest BCUT2D eigenvalue weighted by Gasteiger charge is 2.28. The van der Waals surface area contributed by atoms with Crippen molar-refractivity contribution in [2.24, 2.45) is 0 Å². The van der Waals surface area contributed by atoms with Crippen molar-refractivity contribution in [2.45, 2.75) is 33.2 Å². The van der Waals surface area contributed by atoms with Crippen LogP contribution in [0, 0.1) is 6.92 Å². The molecule has 2 rings (SSSR count). The number of anilines is 1. The van der Waals surface area contributed by atoms with Crippen LogP contribution in [0.4, 0.5) is 5.82 Å². The van der Waals surface area contributed by atoms with E-state index in [9.17, 15) is 9.90 Å². The van der Waals surface area contributed by atoms with Crippen molar-refractivity contribution in [3.05, 3.63) is 23.4 Å². The molecule has 1 aromatic rings. The van der Waals surface area contributed by atoms with E-state index in [0.717, 1.165) is 31.7 Å². The van der Waals surface area contributed by atoms with Gasteiger partial charge >= 0.3 is 5.97 Å². The molecule has 1 aromatic heterocycles. The number of carbonyl (C=O) groups is 1. The van der Waals surface area contributed by atoms with Gasteiger partial charge in [0.2, 0.25) is 0 Å². The van der Waals surface area contributed by atoms with E-state index in [4.69, 9.17) is 0 Å². The van der Waals surface area contributed by atoms with Crippen molar-refractivity contribution in [1.82, 2.24) is 9.88 Å². The summed E-state index contributed by atoms with van der Waals surface area (Å²) in [5.41, 5.74) is 1.25. The van der Waals surface area contributed by atoms with E-state index in [-0.39, 0.29) is 5.54 Å². The predicted molar refractivity (Wildman–Crippen MR) is 79.5 cm³/mol. The van der Waals surface area contributed by atoms with E-state index >= 15 is 0 Å². The minimum Gasteiger partial charge on any atom is -0.478 e. The first kappa shape index (κ1) is 14.8. The van der Waals surface area contributed by atoms with Gasteiger partial charge in [-0.15, -0.1) is 0 Å². The second kappa shape index (κ2) is 5.40. The van der Waals surface area contributed by atoms with Crippen LogP contribution in [0.25, 0.3) is 0 Å². The Hall–Kier alpha value is -1.62. The predicted octanol–water partition coefficient (Wildman–Crippen LogP) is 2.01. The lowest BCUT2D eigenvalue weighted by atomic mass is 10.0. The second-order valence-corrected chi connectivity index (χ2v) is 6.28. The molecule has 1 aliphatic rings. The Bertz CT molecular complexity index is 500. The van der Waals surface area contributed by atoms with Gasteiger partial charge in [0.15, 0.2) is 0 Å². The summed E-state index contributed by atoms with van der Waals surface area (Å²) in [5.74, 6) is -0.296. The van der Waals surface area contributed by atoms with E-state index in [1.165, 1.54) is 0 Å². The second-order valence-electron chi connectivity index (χ2n) is 6.28. The van der Waals surface area contributed by atoms with Gasteiger partial charge in [-0.2, -0.15) is 0 Å². The third-order valence-electron chi connectivity index (χ3n) is 3.88. The average molecular weight is 277 g/mol. The molecule has 0 radical (unpaired) electrons. The van der Waals surface area contributed by atoms with Gasteiger partial charge in [0.05, 0.1) is 0 Å². The molecule has 5 heteroatoms. The molecule has 2 heterocycles. The summed E-state index contributed by atoms with van der Waals surface area (Å²) in [6, 6.07) is 1.75. The van der Waals surface area contributed by atoms with Crippen molar-refractivity contribution < 1.29 is 9.90 Å². The van der Waals surface area contributed by atoms with E-state index < -0.39 is 5.97 Å². The minimum absolute atomic E-state index is 0.155. The number of hydrogen-bond donors (Lipinski definition) is 1. The van der Waals surface area contributed by atoms with Crippen LogP contribution >= 0.6 is 0 Å². The van der Waals surface area contributed by atoms with Crippen LogP contribution in [0.15, 0.2) is 12.3 Å². The Balaban J connectivity index is 2.19. The van der Waals surface area contributed by atoms with Gasteiger partial charge in [0, 0.05) is 37.9 Å². The van der Waals surface area contributed by atoms with Crippen molar-refractivity contribution in [1.29, 1.82) is 0 Å². The van der Waals surface area contributed by atoms with Crippen LogP contribution in [-0.4, -0.2) is 52.7 Å². The van der Waals surface area contributed by atoms with E-state index in [2.05, 4.69) is 35.6 Å². The monoisotopic (exact) mass is 277 g/mol. The molecule has 1 N–H and O–H groups in total. The molecule has 0 bridgehead atoms. The Labute approximate surface area is 120 Å². The van der Waals surface area contributed by atoms with E-state index in [0.29, 0.717) is 11.4 Å². The van der Waals surface area contributed by atoms with Crippen molar-refractivity contribution in [3.8, 4) is 0 Å². The molecule has 0 aromatic carbocycles. The molecule has 1 saturated heterocycles. The number of pyridine rings is 1. The van der Waals surface area contributed by atoms with Gasteiger partial charge in [0.25, 0.3) is 0 Å². The van der Waals surface area contributed by atoms with E-state index in [1.807, 2.05) is 6.92 Å². The zero-order valence-electron chi connectivity index (χ0n) is 12.7. The zero-order chi connectivity index (χ0) is 14.9. The summed E-state index contributed by atoms with van der Waals surface area (Å²) in [6.07, 6.45) is 1.69. The highest BCUT2D eigenvalue weighted by Crippen LogP contribution is 2.24. The number of hydrogen-bond acceptors (Lipinski definition) is 4. The number of aromatic nitrogens is 1. The Kier molecular flexibility index (Phi) is 3.99. The SMILES string of the molecule is Cc1ccnc(N2CCN(C(C)(C)C)CC2)c1C(=O)O. The smallest absolute Gasteiger partial charge is 0.339 e. The quantitative estimate of drug-likeness (QED) is 0.896. The Morgan fingerprint density at radius 1 is 1.25 bits per heavy atom. The summed E-state index contributed by atoms with van der Waals surface area (Å²) in [7, 11) is 0. The number of piperazine rings is 1. The van der Waals surface area contributed by atoms with Gasteiger partial charge in [-0.3, -0.25) is 4.90 Å². The van der Waals surface area contributed by atoms with Crippen LogP contribution in [0.3, 0.4) is 0 Å². The molecule has 0 aliphatic carbocycles. The fourth-order valence-corrected chi connectivity index (χ4v) is 2.64. The van der Waals surface area contributed by atoms with E-state index in [1.54, 1.807) is 12.3 Å². The molecule has 1 fully saturated rings. The normalized spacial score (nSPS) is 17.3. The van der Waals surface area contributed by atoms with Crippen molar-refractivity contribution in [3.63, 3.8) is 0 Å². The lowest BCUT2D eigenvalue weighted by Gasteiger charge is -2.42. The van der Waals surface area contributed by atoms with Crippen LogP contribution in [-0.2, 0) is 0 Å². The molecule has 0 atom stereocenters. The van der Waals surface area contributed by atoms with Crippen LogP contribution in [0.2, 0.25) is 0 Å². The number of aryl methyl sites for hydroxylation is 1. The summed E-state index contributed by atoms with van der Waals surface area (Å²) >= 11 is 0. The summed E-state index contributed by atoms with van der Waals surface area (Å²) in [5, 5.41) is 9.38. The van der Waals surface area contributed by atoms with Crippen LogP contribution in [0.5, 0.6) is 0 Å². The lowest BCUT2D eigenvalue weighted by molar-refractivity contribution is 0.0695. The number of nitrogens with zero attached hydrogens (tertiary/aromatic N) is 3. The number of carboxylic acid groups (broad SMARTS) is 1. The maximum Gasteiger partial charge on any atom is 0.339 e. The number of carboxylic acids is 1. The standard InChI is InChI=1S/C15H23N3O2/c1-11-5-6-16-13(12(11)14(19)20)17-7-9-18(10-8-17)15(2,3)4/h5-6H,7-10H2,1-4H3,(H,19,20). The van der Waals surface area contributed by atoms with Crippen molar-refractivity contribution in [2.75, 3.05) is 31.1 Å². The molecular weight excluding hydrogens is 254 g/mol. The van der Waals surface area contributed by atoms with Crippen molar-refractivity contribution >= 4 is 11.8 Å². The highest BCUT2D eigenvalue weighted by atomic mass is 16.4. The summed E-state index contributed by atoms with van der Waals surface area (Å²) in [4.78, 5) is 20.2. The molecule has 0 saturated carbocycles. The summed E-state index contributed by atoms with van der Waals surface area (Å²) < 4.78 is 0. The third-order valence-corrected chi connectivity index (χ3v) is 3.88. The molecule has 110 valence electrons. The Morgan fingerprint density at radius 3 is 2.35 bits per heavy atom. The molecule has 0 amide bonds. The largest absolute Gasteiger partial charge is 0.478 e. The molecule has 5 nitrogen and oxygen atoms in total. The highest BCUT2D eigenvalue weighted by molar-refractivity contribution is 5.95.